The van der Waals surface area contributed by atoms with E-state index in [1.54, 1.807) is 0 Å². The zero-order valence-corrected chi connectivity index (χ0v) is 15.5. The van der Waals surface area contributed by atoms with Gasteiger partial charge in [0.25, 0.3) is 0 Å². The summed E-state index contributed by atoms with van der Waals surface area (Å²) in [6.07, 6.45) is 6.09. The van der Waals surface area contributed by atoms with Gasteiger partial charge in [0.2, 0.25) is 11.7 Å². The van der Waals surface area contributed by atoms with Crippen molar-refractivity contribution in [3.05, 3.63) is 24.2 Å². The standard InChI is InChI=1S/C19H25N5O3/c1-2-8-24(7-1)16-4-3-15(13-20-16)18-21-17(27-22-18)14-23-9-5-19(6-10-23)25-11-12-26-19/h3-4,13H,1-2,5-12,14H2. The Labute approximate surface area is 158 Å². The summed E-state index contributed by atoms with van der Waals surface area (Å²) in [4.78, 5) is 13.7. The predicted octanol–water partition coefficient (Wildman–Crippen LogP) is 2.07. The fourth-order valence-corrected chi connectivity index (χ4v) is 4.12. The third-order valence-electron chi connectivity index (χ3n) is 5.69. The largest absolute Gasteiger partial charge is 0.357 e. The number of aromatic nitrogens is 3. The fraction of sp³-hybridized carbons (Fsp3) is 0.632. The molecule has 5 rings (SSSR count). The van der Waals surface area contributed by atoms with Crippen LogP contribution in [0.15, 0.2) is 22.9 Å². The molecule has 0 unspecified atom stereocenters. The number of anilines is 1. The Morgan fingerprint density at radius 3 is 2.48 bits per heavy atom. The Kier molecular flexibility index (Phi) is 4.55. The summed E-state index contributed by atoms with van der Waals surface area (Å²) in [5, 5.41) is 4.13. The summed E-state index contributed by atoms with van der Waals surface area (Å²) < 4.78 is 17.0. The second kappa shape index (κ2) is 7.18. The molecule has 0 aliphatic carbocycles. The molecule has 5 heterocycles. The van der Waals surface area contributed by atoms with Crippen LogP contribution in [-0.2, 0) is 16.0 Å². The van der Waals surface area contributed by atoms with E-state index in [4.69, 9.17) is 14.0 Å². The number of piperidine rings is 1. The molecule has 0 saturated carbocycles. The van der Waals surface area contributed by atoms with Crippen LogP contribution >= 0.6 is 0 Å². The highest BCUT2D eigenvalue weighted by Crippen LogP contribution is 2.31. The first-order valence-corrected chi connectivity index (χ1v) is 9.84. The van der Waals surface area contributed by atoms with Crippen molar-refractivity contribution in [2.75, 3.05) is 44.3 Å². The predicted molar refractivity (Wildman–Crippen MR) is 98.1 cm³/mol. The lowest BCUT2D eigenvalue weighted by Crippen LogP contribution is -2.44. The maximum absolute atomic E-state index is 5.78. The molecule has 0 aromatic carbocycles. The highest BCUT2D eigenvalue weighted by molar-refractivity contribution is 5.56. The minimum atomic E-state index is -0.348. The summed E-state index contributed by atoms with van der Waals surface area (Å²) >= 11 is 0. The second-order valence-electron chi connectivity index (χ2n) is 7.49. The first kappa shape index (κ1) is 17.1. The molecule has 3 aliphatic rings. The zero-order chi connectivity index (χ0) is 18.1. The van der Waals surface area contributed by atoms with Gasteiger partial charge in [-0.25, -0.2) is 4.98 Å². The van der Waals surface area contributed by atoms with Crippen molar-refractivity contribution in [3.63, 3.8) is 0 Å². The van der Waals surface area contributed by atoms with E-state index in [-0.39, 0.29) is 5.79 Å². The quantitative estimate of drug-likeness (QED) is 0.808. The van der Waals surface area contributed by atoms with Crippen molar-refractivity contribution >= 4 is 5.82 Å². The zero-order valence-electron chi connectivity index (χ0n) is 15.5. The van der Waals surface area contributed by atoms with Crippen molar-refractivity contribution in [2.45, 2.75) is 38.0 Å². The minimum absolute atomic E-state index is 0.348. The lowest BCUT2D eigenvalue weighted by Gasteiger charge is -2.36. The van der Waals surface area contributed by atoms with Crippen LogP contribution in [0.3, 0.4) is 0 Å². The molecule has 2 aromatic rings. The average Bonchev–Trinajstić information content (AvgIpc) is 3.46. The average molecular weight is 371 g/mol. The Hall–Kier alpha value is -2.03. The molecule has 8 heteroatoms. The van der Waals surface area contributed by atoms with E-state index in [1.165, 1.54) is 12.8 Å². The van der Waals surface area contributed by atoms with E-state index in [1.807, 2.05) is 18.3 Å². The topological polar surface area (TPSA) is 76.8 Å². The Bertz CT molecular complexity index is 756. The molecule has 0 amide bonds. The number of rotatable bonds is 4. The van der Waals surface area contributed by atoms with E-state index in [0.717, 1.165) is 50.4 Å². The van der Waals surface area contributed by atoms with Gasteiger partial charge in [-0.05, 0) is 25.0 Å². The summed E-state index contributed by atoms with van der Waals surface area (Å²) in [6, 6.07) is 4.07. The maximum Gasteiger partial charge on any atom is 0.241 e. The lowest BCUT2D eigenvalue weighted by molar-refractivity contribution is -0.186. The first-order valence-electron chi connectivity index (χ1n) is 9.84. The summed E-state index contributed by atoms with van der Waals surface area (Å²) in [5.41, 5.74) is 0.887. The van der Waals surface area contributed by atoms with Gasteiger partial charge < -0.3 is 18.9 Å². The van der Waals surface area contributed by atoms with Gasteiger partial charge in [-0.15, -0.1) is 0 Å². The van der Waals surface area contributed by atoms with Crippen LogP contribution in [0, 0.1) is 0 Å². The van der Waals surface area contributed by atoms with E-state index >= 15 is 0 Å². The number of ether oxygens (including phenoxy) is 2. The van der Waals surface area contributed by atoms with Crippen LogP contribution in [0.4, 0.5) is 5.82 Å². The van der Waals surface area contributed by atoms with Crippen LogP contribution in [0.2, 0.25) is 0 Å². The second-order valence-corrected chi connectivity index (χ2v) is 7.49. The van der Waals surface area contributed by atoms with Crippen molar-refractivity contribution in [1.29, 1.82) is 0 Å². The van der Waals surface area contributed by atoms with E-state index < -0.39 is 0 Å². The lowest BCUT2D eigenvalue weighted by atomic mass is 10.0. The summed E-state index contributed by atoms with van der Waals surface area (Å²) in [5.74, 6) is 1.91. The van der Waals surface area contributed by atoms with Crippen LogP contribution in [-0.4, -0.2) is 65.2 Å². The minimum Gasteiger partial charge on any atom is -0.357 e. The van der Waals surface area contributed by atoms with Crippen LogP contribution in [0.1, 0.15) is 31.6 Å². The van der Waals surface area contributed by atoms with Crippen molar-refractivity contribution in [1.82, 2.24) is 20.0 Å². The van der Waals surface area contributed by atoms with Crippen LogP contribution < -0.4 is 4.90 Å². The van der Waals surface area contributed by atoms with E-state index in [9.17, 15) is 0 Å². The molecule has 3 aliphatic heterocycles. The molecule has 8 nitrogen and oxygen atoms in total. The van der Waals surface area contributed by atoms with E-state index in [2.05, 4.69) is 24.9 Å². The first-order chi connectivity index (χ1) is 13.3. The Balaban J connectivity index is 1.20. The molecule has 0 radical (unpaired) electrons. The Morgan fingerprint density at radius 1 is 1.00 bits per heavy atom. The smallest absolute Gasteiger partial charge is 0.241 e. The highest BCUT2D eigenvalue weighted by Gasteiger charge is 2.39. The van der Waals surface area contributed by atoms with E-state index in [0.29, 0.717) is 31.5 Å². The monoisotopic (exact) mass is 371 g/mol. The van der Waals surface area contributed by atoms with Gasteiger partial charge in [-0.1, -0.05) is 5.16 Å². The van der Waals surface area contributed by atoms with Gasteiger partial charge in [0.15, 0.2) is 5.79 Å². The van der Waals surface area contributed by atoms with Gasteiger partial charge in [-0.3, -0.25) is 4.90 Å². The molecule has 0 N–H and O–H groups in total. The van der Waals surface area contributed by atoms with Gasteiger partial charge in [0.05, 0.1) is 19.8 Å². The Morgan fingerprint density at radius 2 is 1.78 bits per heavy atom. The fourth-order valence-electron chi connectivity index (χ4n) is 4.12. The molecule has 0 bridgehead atoms. The summed E-state index contributed by atoms with van der Waals surface area (Å²) in [6.45, 7) is 6.06. The number of hydrogen-bond acceptors (Lipinski definition) is 8. The van der Waals surface area contributed by atoms with Gasteiger partial charge in [-0.2, -0.15) is 4.98 Å². The third kappa shape index (κ3) is 3.56. The van der Waals surface area contributed by atoms with Crippen molar-refractivity contribution < 1.29 is 14.0 Å². The molecule has 27 heavy (non-hydrogen) atoms. The molecule has 144 valence electrons. The molecule has 3 saturated heterocycles. The van der Waals surface area contributed by atoms with Gasteiger partial charge >= 0.3 is 0 Å². The number of pyridine rings is 1. The molecular formula is C19H25N5O3. The summed E-state index contributed by atoms with van der Waals surface area (Å²) in [7, 11) is 0. The molecule has 3 fully saturated rings. The molecule has 1 spiro atoms. The molecule has 0 atom stereocenters. The molecule has 2 aromatic heterocycles. The van der Waals surface area contributed by atoms with Gasteiger partial charge in [0.1, 0.15) is 5.82 Å². The number of hydrogen-bond donors (Lipinski definition) is 0. The van der Waals surface area contributed by atoms with Crippen LogP contribution in [0.25, 0.3) is 11.4 Å². The number of nitrogens with zero attached hydrogens (tertiary/aromatic N) is 5. The normalized spacial score (nSPS) is 22.7. The maximum atomic E-state index is 5.78. The molecular weight excluding hydrogens is 346 g/mol. The van der Waals surface area contributed by atoms with Crippen molar-refractivity contribution in [2.24, 2.45) is 0 Å². The highest BCUT2D eigenvalue weighted by atomic mass is 16.7. The van der Waals surface area contributed by atoms with Crippen LogP contribution in [0.5, 0.6) is 0 Å². The SMILES string of the molecule is c1cc(N2CCCC2)ncc1-c1noc(CN2CCC3(CC2)OCCO3)n1. The van der Waals surface area contributed by atoms with Gasteiger partial charge in [0, 0.05) is 50.8 Å². The number of likely N-dealkylation sites (tertiary alicyclic amines) is 1. The third-order valence-corrected chi connectivity index (χ3v) is 5.69. The van der Waals surface area contributed by atoms with Crippen molar-refractivity contribution in [3.8, 4) is 11.4 Å².